The Kier molecular flexibility index (Phi) is 4.26. The van der Waals surface area contributed by atoms with E-state index in [1.54, 1.807) is 0 Å². The number of benzene rings is 1. The number of hydrazine groups is 1. The van der Waals surface area contributed by atoms with Crippen LogP contribution in [-0.4, -0.2) is 9.78 Å². The van der Waals surface area contributed by atoms with Gasteiger partial charge in [0.1, 0.15) is 0 Å². The maximum atomic E-state index is 5.77. The molecule has 1 heterocycles. The first-order valence-electron chi connectivity index (χ1n) is 6.95. The van der Waals surface area contributed by atoms with Gasteiger partial charge in [-0.2, -0.15) is 5.10 Å². The molecule has 0 aliphatic carbocycles. The molecular formula is C16H24N4. The molecule has 0 bridgehead atoms. The van der Waals surface area contributed by atoms with Gasteiger partial charge in [-0.3, -0.25) is 16.0 Å². The Morgan fingerprint density at radius 3 is 2.25 bits per heavy atom. The van der Waals surface area contributed by atoms with Gasteiger partial charge < -0.3 is 0 Å². The number of rotatable bonds is 4. The number of nitrogens with two attached hydrogens (primary N) is 1. The van der Waals surface area contributed by atoms with Crippen LogP contribution < -0.4 is 11.3 Å². The smallest absolute Gasteiger partial charge is 0.0540 e. The fraction of sp³-hybridized carbons (Fsp3) is 0.438. The summed E-state index contributed by atoms with van der Waals surface area (Å²) >= 11 is 0. The summed E-state index contributed by atoms with van der Waals surface area (Å²) in [6.07, 6.45) is 2.78. The highest BCUT2D eigenvalue weighted by atomic mass is 15.3. The third-order valence-electron chi connectivity index (χ3n) is 4.10. The minimum absolute atomic E-state index is 0.0869. The molecule has 4 nitrogen and oxygen atoms in total. The molecule has 3 N–H and O–H groups in total. The highest BCUT2D eigenvalue weighted by Crippen LogP contribution is 2.25. The number of aryl methyl sites for hydroxylation is 4. The Balaban J connectivity index is 2.34. The van der Waals surface area contributed by atoms with E-state index < -0.39 is 0 Å². The zero-order valence-corrected chi connectivity index (χ0v) is 13.0. The van der Waals surface area contributed by atoms with Crippen LogP contribution in [0.5, 0.6) is 0 Å². The van der Waals surface area contributed by atoms with Gasteiger partial charge in [0.25, 0.3) is 0 Å². The Labute approximate surface area is 121 Å². The van der Waals surface area contributed by atoms with E-state index in [0.29, 0.717) is 0 Å². The third-order valence-corrected chi connectivity index (χ3v) is 4.10. The summed E-state index contributed by atoms with van der Waals surface area (Å²) in [5.74, 6) is 5.77. The molecule has 0 fully saturated rings. The van der Waals surface area contributed by atoms with Gasteiger partial charge in [-0.05, 0) is 50.8 Å². The SMILES string of the molecule is Cc1cc(C)c(CC(NN)c2cnn(C)c2C)c(C)c1. The second-order valence-corrected chi connectivity index (χ2v) is 5.61. The van der Waals surface area contributed by atoms with Gasteiger partial charge in [0.05, 0.1) is 12.2 Å². The number of nitrogens with zero attached hydrogens (tertiary/aromatic N) is 2. The average molecular weight is 272 g/mol. The molecule has 2 aromatic rings. The molecule has 1 aromatic carbocycles. The predicted molar refractivity (Wildman–Crippen MR) is 82.4 cm³/mol. The summed E-state index contributed by atoms with van der Waals surface area (Å²) in [6.45, 7) is 8.53. The lowest BCUT2D eigenvalue weighted by molar-refractivity contribution is 0.545. The van der Waals surface area contributed by atoms with Crippen molar-refractivity contribution in [1.29, 1.82) is 0 Å². The van der Waals surface area contributed by atoms with Crippen LogP contribution in [0.25, 0.3) is 0 Å². The topological polar surface area (TPSA) is 55.9 Å². The van der Waals surface area contributed by atoms with Crippen LogP contribution in [0.3, 0.4) is 0 Å². The quantitative estimate of drug-likeness (QED) is 0.664. The summed E-state index contributed by atoms with van der Waals surface area (Å²) in [4.78, 5) is 0. The van der Waals surface area contributed by atoms with E-state index in [1.165, 1.54) is 22.3 Å². The lowest BCUT2D eigenvalue weighted by Gasteiger charge is -2.19. The van der Waals surface area contributed by atoms with Crippen LogP contribution in [0.2, 0.25) is 0 Å². The molecule has 1 unspecified atom stereocenters. The zero-order valence-electron chi connectivity index (χ0n) is 13.0. The van der Waals surface area contributed by atoms with Crippen LogP contribution in [-0.2, 0) is 13.5 Å². The van der Waals surface area contributed by atoms with Crippen molar-refractivity contribution in [2.24, 2.45) is 12.9 Å². The molecule has 0 aliphatic heterocycles. The van der Waals surface area contributed by atoms with Crippen molar-refractivity contribution < 1.29 is 0 Å². The number of hydrogen-bond donors (Lipinski definition) is 2. The third kappa shape index (κ3) is 2.76. The van der Waals surface area contributed by atoms with Gasteiger partial charge in [-0.1, -0.05) is 17.7 Å². The summed E-state index contributed by atoms with van der Waals surface area (Å²) < 4.78 is 1.88. The molecule has 0 aliphatic rings. The van der Waals surface area contributed by atoms with Crippen molar-refractivity contribution in [3.05, 3.63) is 51.8 Å². The standard InChI is InChI=1S/C16H24N4/c1-10-6-11(2)14(12(3)7-10)8-16(19-17)15-9-18-20(5)13(15)4/h6-7,9,16,19H,8,17H2,1-5H3. The second kappa shape index (κ2) is 5.77. The molecule has 0 saturated heterocycles. The molecule has 0 radical (unpaired) electrons. The van der Waals surface area contributed by atoms with Crippen molar-refractivity contribution in [3.63, 3.8) is 0 Å². The van der Waals surface area contributed by atoms with Gasteiger partial charge in [-0.25, -0.2) is 0 Å². The fourth-order valence-corrected chi connectivity index (χ4v) is 2.85. The molecule has 4 heteroatoms. The van der Waals surface area contributed by atoms with Crippen LogP contribution in [0.15, 0.2) is 18.3 Å². The first kappa shape index (κ1) is 14.8. The largest absolute Gasteiger partial charge is 0.273 e. The van der Waals surface area contributed by atoms with E-state index in [4.69, 9.17) is 5.84 Å². The van der Waals surface area contributed by atoms with Crippen LogP contribution >= 0.6 is 0 Å². The number of hydrogen-bond acceptors (Lipinski definition) is 3. The fourth-order valence-electron chi connectivity index (χ4n) is 2.85. The van der Waals surface area contributed by atoms with Crippen LogP contribution in [0, 0.1) is 27.7 Å². The van der Waals surface area contributed by atoms with E-state index in [9.17, 15) is 0 Å². The van der Waals surface area contributed by atoms with E-state index in [-0.39, 0.29) is 6.04 Å². The lowest BCUT2D eigenvalue weighted by atomic mass is 9.92. The molecule has 1 atom stereocenters. The van der Waals surface area contributed by atoms with Gasteiger partial charge in [0.2, 0.25) is 0 Å². The molecule has 0 spiro atoms. The van der Waals surface area contributed by atoms with Crippen molar-refractivity contribution in [1.82, 2.24) is 15.2 Å². The maximum absolute atomic E-state index is 5.77. The van der Waals surface area contributed by atoms with Gasteiger partial charge in [0, 0.05) is 18.3 Å². The Hall–Kier alpha value is -1.65. The first-order valence-corrected chi connectivity index (χ1v) is 6.95. The molecule has 0 amide bonds. The van der Waals surface area contributed by atoms with Crippen molar-refractivity contribution >= 4 is 0 Å². The molecule has 20 heavy (non-hydrogen) atoms. The van der Waals surface area contributed by atoms with E-state index >= 15 is 0 Å². The monoisotopic (exact) mass is 272 g/mol. The maximum Gasteiger partial charge on any atom is 0.0540 e. The second-order valence-electron chi connectivity index (χ2n) is 5.61. The summed E-state index contributed by atoms with van der Waals surface area (Å²) in [7, 11) is 1.95. The predicted octanol–water partition coefficient (Wildman–Crippen LogP) is 2.40. The molecular weight excluding hydrogens is 248 g/mol. The first-order chi connectivity index (χ1) is 9.43. The van der Waals surface area contributed by atoms with E-state index in [1.807, 2.05) is 17.9 Å². The lowest BCUT2D eigenvalue weighted by Crippen LogP contribution is -2.30. The zero-order chi connectivity index (χ0) is 14.9. The highest BCUT2D eigenvalue weighted by Gasteiger charge is 2.18. The van der Waals surface area contributed by atoms with Crippen LogP contribution in [0.1, 0.15) is 39.6 Å². The van der Waals surface area contributed by atoms with E-state index in [0.717, 1.165) is 17.7 Å². The van der Waals surface area contributed by atoms with Crippen molar-refractivity contribution in [2.75, 3.05) is 0 Å². The summed E-state index contributed by atoms with van der Waals surface area (Å²) in [5.41, 5.74) is 10.6. The molecule has 2 rings (SSSR count). The Morgan fingerprint density at radius 1 is 1.20 bits per heavy atom. The molecule has 0 saturated carbocycles. The summed E-state index contributed by atoms with van der Waals surface area (Å²) in [6, 6.07) is 4.54. The number of aromatic nitrogens is 2. The Bertz CT molecular complexity index is 590. The van der Waals surface area contributed by atoms with Gasteiger partial charge in [-0.15, -0.1) is 0 Å². The summed E-state index contributed by atoms with van der Waals surface area (Å²) in [5, 5.41) is 4.31. The van der Waals surface area contributed by atoms with Crippen molar-refractivity contribution in [2.45, 2.75) is 40.2 Å². The highest BCUT2D eigenvalue weighted by molar-refractivity contribution is 5.39. The minimum Gasteiger partial charge on any atom is -0.273 e. The average Bonchev–Trinajstić information content (AvgIpc) is 2.70. The normalized spacial score (nSPS) is 12.7. The van der Waals surface area contributed by atoms with Gasteiger partial charge in [0.15, 0.2) is 0 Å². The number of nitrogens with one attached hydrogen (secondary N) is 1. The van der Waals surface area contributed by atoms with E-state index in [2.05, 4.69) is 50.4 Å². The molecule has 1 aromatic heterocycles. The Morgan fingerprint density at radius 2 is 1.80 bits per heavy atom. The van der Waals surface area contributed by atoms with Crippen LogP contribution in [0.4, 0.5) is 0 Å². The van der Waals surface area contributed by atoms with Crippen molar-refractivity contribution in [3.8, 4) is 0 Å². The molecule has 108 valence electrons. The van der Waals surface area contributed by atoms with Gasteiger partial charge >= 0.3 is 0 Å². The minimum atomic E-state index is 0.0869.